The van der Waals surface area contributed by atoms with E-state index in [1.54, 1.807) is 13.8 Å². The molecular weight excluding hydrogens is 490 g/mol. The molecule has 4 rings (SSSR count). The molecule has 3 aliphatic carbocycles. The number of alkyl halides is 4. The molecule has 2 atom stereocenters. The zero-order chi connectivity index (χ0) is 27.7. The zero-order valence-electron chi connectivity index (χ0n) is 20.7. The van der Waals surface area contributed by atoms with Crippen molar-refractivity contribution in [1.82, 2.24) is 10.2 Å². The number of carboxylic acids is 1. The number of ether oxygens (including phenoxy) is 1. The minimum absolute atomic E-state index is 0.0116. The number of nitriles is 1. The maximum absolute atomic E-state index is 13.5. The third-order valence-corrected chi connectivity index (χ3v) is 6.53. The molecule has 1 saturated heterocycles. The van der Waals surface area contributed by atoms with Gasteiger partial charge in [0.2, 0.25) is 5.91 Å². The molecule has 13 heteroatoms. The molecule has 0 spiro atoms. The number of aliphatic hydroxyl groups excluding tert-OH is 1. The molecule has 2 bridgehead atoms. The summed E-state index contributed by atoms with van der Waals surface area (Å²) in [6.45, 7) is 5.81. The van der Waals surface area contributed by atoms with Gasteiger partial charge in [0.05, 0.1) is 31.2 Å². The molecule has 1 amide bonds. The SMILES string of the molecule is CC(C)O.CCOC(=O)C12CCC(NCC(=O)N3C[C@@H](F)C[C@H]3C#N)(CC1)CC2.O=C(O)C(F)(F)F. The highest BCUT2D eigenvalue weighted by atomic mass is 19.4. The lowest BCUT2D eigenvalue weighted by molar-refractivity contribution is -0.192. The maximum Gasteiger partial charge on any atom is 0.490 e. The van der Waals surface area contributed by atoms with E-state index in [4.69, 9.17) is 25.0 Å². The molecule has 0 aromatic carbocycles. The molecule has 1 aliphatic heterocycles. The second-order valence-corrected chi connectivity index (χ2v) is 9.56. The van der Waals surface area contributed by atoms with E-state index >= 15 is 0 Å². The van der Waals surface area contributed by atoms with Crippen molar-refractivity contribution < 1.29 is 46.9 Å². The van der Waals surface area contributed by atoms with Crippen LogP contribution in [-0.4, -0.2) is 82.7 Å². The van der Waals surface area contributed by atoms with Gasteiger partial charge >= 0.3 is 18.1 Å². The molecule has 36 heavy (non-hydrogen) atoms. The Kier molecular flexibility index (Phi) is 11.6. The summed E-state index contributed by atoms with van der Waals surface area (Å²) in [7, 11) is 0. The van der Waals surface area contributed by atoms with Crippen LogP contribution in [0.4, 0.5) is 17.6 Å². The first kappa shape index (κ1) is 31.6. The van der Waals surface area contributed by atoms with E-state index in [2.05, 4.69) is 5.32 Å². The Labute approximate surface area is 207 Å². The second kappa shape index (κ2) is 13.2. The number of aliphatic carboxylic acids is 1. The van der Waals surface area contributed by atoms with Crippen molar-refractivity contribution in [2.45, 2.75) is 95.7 Å². The smallest absolute Gasteiger partial charge is 0.475 e. The number of hydrogen-bond donors (Lipinski definition) is 3. The number of likely N-dealkylation sites (tertiary alicyclic amines) is 1. The third kappa shape index (κ3) is 8.89. The van der Waals surface area contributed by atoms with E-state index in [0.29, 0.717) is 6.61 Å². The molecule has 3 N–H and O–H groups in total. The average Bonchev–Trinajstić information content (AvgIpc) is 3.19. The van der Waals surface area contributed by atoms with Crippen LogP contribution in [0.2, 0.25) is 0 Å². The molecule has 4 fully saturated rings. The number of hydrogen-bond acceptors (Lipinski definition) is 7. The Morgan fingerprint density at radius 2 is 1.64 bits per heavy atom. The van der Waals surface area contributed by atoms with Crippen molar-refractivity contribution in [1.29, 1.82) is 5.26 Å². The van der Waals surface area contributed by atoms with Gasteiger partial charge in [-0.3, -0.25) is 9.59 Å². The highest BCUT2D eigenvalue weighted by molar-refractivity contribution is 5.80. The lowest BCUT2D eigenvalue weighted by atomic mass is 9.57. The highest BCUT2D eigenvalue weighted by Gasteiger charge is 2.53. The molecule has 1 heterocycles. The van der Waals surface area contributed by atoms with Crippen LogP contribution in [0, 0.1) is 16.7 Å². The first-order chi connectivity index (χ1) is 16.6. The van der Waals surface area contributed by atoms with Gasteiger partial charge < -0.3 is 25.2 Å². The molecule has 3 saturated carbocycles. The van der Waals surface area contributed by atoms with Crippen LogP contribution in [0.5, 0.6) is 0 Å². The van der Waals surface area contributed by atoms with Gasteiger partial charge in [-0.1, -0.05) is 0 Å². The third-order valence-electron chi connectivity index (χ3n) is 6.53. The Morgan fingerprint density at radius 1 is 1.17 bits per heavy atom. The zero-order valence-corrected chi connectivity index (χ0v) is 20.7. The number of carbonyl (C=O) groups is 3. The Balaban J connectivity index is 0.000000496. The number of nitrogens with zero attached hydrogens (tertiary/aromatic N) is 2. The second-order valence-electron chi connectivity index (χ2n) is 9.56. The van der Waals surface area contributed by atoms with Crippen molar-refractivity contribution in [2.24, 2.45) is 5.41 Å². The quantitative estimate of drug-likeness (QED) is 0.368. The van der Waals surface area contributed by atoms with E-state index in [1.165, 1.54) is 4.90 Å². The molecule has 0 radical (unpaired) electrons. The summed E-state index contributed by atoms with van der Waals surface area (Å²) >= 11 is 0. The van der Waals surface area contributed by atoms with E-state index in [-0.39, 0.29) is 48.4 Å². The van der Waals surface area contributed by atoms with Crippen LogP contribution in [0.15, 0.2) is 0 Å². The van der Waals surface area contributed by atoms with Crippen molar-refractivity contribution in [3.8, 4) is 6.07 Å². The van der Waals surface area contributed by atoms with Crippen LogP contribution in [0.1, 0.15) is 65.7 Å². The topological polar surface area (TPSA) is 140 Å². The molecule has 9 nitrogen and oxygen atoms in total. The molecule has 206 valence electrons. The number of amides is 1. The predicted octanol–water partition coefficient (Wildman–Crippen LogP) is 2.72. The van der Waals surface area contributed by atoms with Crippen LogP contribution in [0.25, 0.3) is 0 Å². The summed E-state index contributed by atoms with van der Waals surface area (Å²) in [6.07, 6.45) is -1.39. The number of nitrogens with one attached hydrogen (secondary N) is 1. The van der Waals surface area contributed by atoms with Gasteiger partial charge in [-0.05, 0) is 59.3 Å². The fourth-order valence-corrected chi connectivity index (χ4v) is 4.59. The number of fused-ring (bicyclic) bond motifs is 3. The average molecular weight is 526 g/mol. The number of halogens is 4. The largest absolute Gasteiger partial charge is 0.490 e. The summed E-state index contributed by atoms with van der Waals surface area (Å²) in [5, 5.41) is 27.6. The summed E-state index contributed by atoms with van der Waals surface area (Å²) in [6, 6.07) is 1.35. The minimum Gasteiger partial charge on any atom is -0.475 e. The van der Waals surface area contributed by atoms with Gasteiger partial charge in [-0.25, -0.2) is 9.18 Å². The van der Waals surface area contributed by atoms with E-state index < -0.39 is 24.4 Å². The normalized spacial score (nSPS) is 28.8. The van der Waals surface area contributed by atoms with Gasteiger partial charge in [-0.15, -0.1) is 0 Å². The number of carboxylic acid groups (broad SMARTS) is 1. The number of carbonyl (C=O) groups excluding carboxylic acids is 2. The Hall–Kier alpha value is -2.46. The van der Waals surface area contributed by atoms with Crippen LogP contribution >= 0.6 is 0 Å². The highest BCUT2D eigenvalue weighted by Crippen LogP contribution is 2.52. The molecular formula is C23H35F4N3O6. The fourth-order valence-electron chi connectivity index (χ4n) is 4.59. The summed E-state index contributed by atoms with van der Waals surface area (Å²) in [5.74, 6) is -3.05. The number of rotatable bonds is 5. The van der Waals surface area contributed by atoms with Gasteiger partial charge in [-0.2, -0.15) is 18.4 Å². The number of esters is 1. The Bertz CT molecular complexity index is 787. The van der Waals surface area contributed by atoms with Gasteiger partial charge in [0.15, 0.2) is 0 Å². The van der Waals surface area contributed by atoms with Crippen LogP contribution in [0.3, 0.4) is 0 Å². The lowest BCUT2D eigenvalue weighted by Gasteiger charge is -2.52. The number of aliphatic hydroxyl groups is 1. The van der Waals surface area contributed by atoms with E-state index in [1.807, 2.05) is 13.0 Å². The van der Waals surface area contributed by atoms with Crippen molar-refractivity contribution in [3.05, 3.63) is 0 Å². The summed E-state index contributed by atoms with van der Waals surface area (Å²) in [5.41, 5.74) is -0.466. The first-order valence-electron chi connectivity index (χ1n) is 11.8. The van der Waals surface area contributed by atoms with Crippen LogP contribution in [-0.2, 0) is 19.1 Å². The van der Waals surface area contributed by atoms with E-state index in [9.17, 15) is 27.2 Å². The molecule has 0 aromatic heterocycles. The summed E-state index contributed by atoms with van der Waals surface area (Å²) in [4.78, 5) is 34.9. The fraction of sp³-hybridized carbons (Fsp3) is 0.826. The molecule has 0 aromatic rings. The standard InChI is InChI=1S/C18H26FN3O3.C3H8O.C2HF3O2/c1-2-25-16(24)17-3-6-18(7-4-17,8-5-17)21-11-15(23)22-12-13(19)9-14(22)10-20;1-3(2)4;3-2(4,5)1(6)7/h13-14,21H,2-9,11-12H2,1H3;3-4H,1-2H3;(H,6,7)/t13-,14-,17?,18?;;/m0../s1. The monoisotopic (exact) mass is 525 g/mol. The summed E-state index contributed by atoms with van der Waals surface area (Å²) < 4.78 is 50.5. The maximum atomic E-state index is 13.5. The predicted molar refractivity (Wildman–Crippen MR) is 119 cm³/mol. The van der Waals surface area contributed by atoms with Crippen molar-refractivity contribution in [3.63, 3.8) is 0 Å². The van der Waals surface area contributed by atoms with Crippen molar-refractivity contribution >= 4 is 17.8 Å². The molecule has 0 unspecified atom stereocenters. The van der Waals surface area contributed by atoms with Gasteiger partial charge in [0.25, 0.3) is 0 Å². The lowest BCUT2D eigenvalue weighted by Crippen LogP contribution is -2.58. The van der Waals surface area contributed by atoms with Crippen LogP contribution < -0.4 is 5.32 Å². The minimum atomic E-state index is -5.08. The van der Waals surface area contributed by atoms with Gasteiger partial charge in [0, 0.05) is 18.1 Å². The van der Waals surface area contributed by atoms with Gasteiger partial charge in [0.1, 0.15) is 12.2 Å². The first-order valence-corrected chi connectivity index (χ1v) is 11.8. The Morgan fingerprint density at radius 3 is 2.03 bits per heavy atom. The van der Waals surface area contributed by atoms with E-state index in [0.717, 1.165) is 38.5 Å². The molecule has 4 aliphatic rings. The van der Waals surface area contributed by atoms with Crippen molar-refractivity contribution in [2.75, 3.05) is 19.7 Å².